The van der Waals surface area contributed by atoms with Crippen LogP contribution in [0.15, 0.2) is 30.3 Å². The van der Waals surface area contributed by atoms with Crippen molar-refractivity contribution in [2.24, 2.45) is 0 Å². The molecule has 1 aromatic rings. The van der Waals surface area contributed by atoms with Gasteiger partial charge in [0.25, 0.3) is 5.78 Å². The topological polar surface area (TPSA) is 37.3 Å². The van der Waals surface area contributed by atoms with E-state index in [2.05, 4.69) is 0 Å². The number of ketones is 1. The van der Waals surface area contributed by atoms with Gasteiger partial charge in [-0.25, -0.2) is 0 Å². The van der Waals surface area contributed by atoms with Gasteiger partial charge in [-0.3, -0.25) is 4.79 Å². The molecule has 0 saturated heterocycles. The number of benzene rings is 1. The minimum absolute atomic E-state index is 0.204. The first kappa shape index (κ1) is 8.80. The number of hydrogen-bond donors (Lipinski definition) is 1. The highest BCUT2D eigenvalue weighted by Gasteiger charge is 2.36. The van der Waals surface area contributed by atoms with E-state index in [4.69, 9.17) is 5.11 Å². The molecule has 1 N–H and O–H groups in total. The molecule has 0 bridgehead atoms. The second-order valence-electron chi connectivity index (χ2n) is 2.24. The van der Waals surface area contributed by atoms with Crippen LogP contribution in [0.2, 0.25) is 0 Å². The Morgan fingerprint density at radius 3 is 2.17 bits per heavy atom. The van der Waals surface area contributed by atoms with Gasteiger partial charge in [-0.05, 0) is 0 Å². The maximum Gasteiger partial charge on any atom is 0.418 e. The van der Waals surface area contributed by atoms with Crippen LogP contribution in [0, 0.1) is 0 Å². The Kier molecular flexibility index (Phi) is 2.19. The Balaban J connectivity index is 2.94. The van der Waals surface area contributed by atoms with E-state index in [1.807, 2.05) is 0 Å². The highest BCUT2D eigenvalue weighted by Crippen LogP contribution is 2.15. The van der Waals surface area contributed by atoms with Gasteiger partial charge in [0.1, 0.15) is 0 Å². The number of halogens is 2. The summed E-state index contributed by atoms with van der Waals surface area (Å²) < 4.78 is 24.0. The molecule has 0 heterocycles. The zero-order valence-corrected chi connectivity index (χ0v) is 6.00. The lowest BCUT2D eigenvalue weighted by molar-refractivity contribution is -0.155. The molecule has 0 aromatic heterocycles. The van der Waals surface area contributed by atoms with Crippen LogP contribution < -0.4 is 0 Å². The summed E-state index contributed by atoms with van der Waals surface area (Å²) in [6.07, 6.45) is -4.28. The summed E-state index contributed by atoms with van der Waals surface area (Å²) in [6, 6.07) is 6.91. The van der Waals surface area contributed by atoms with Gasteiger partial charge in [-0.15, -0.1) is 0 Å². The van der Waals surface area contributed by atoms with Crippen LogP contribution in [0.3, 0.4) is 0 Å². The molecule has 0 aliphatic rings. The van der Waals surface area contributed by atoms with Gasteiger partial charge >= 0.3 is 6.11 Å². The summed E-state index contributed by atoms with van der Waals surface area (Å²) in [7, 11) is 0. The van der Waals surface area contributed by atoms with E-state index in [0.29, 0.717) is 0 Å². The first-order valence-electron chi connectivity index (χ1n) is 3.22. The molecule has 1 rings (SSSR count). The van der Waals surface area contributed by atoms with E-state index in [1.165, 1.54) is 24.3 Å². The van der Waals surface area contributed by atoms with E-state index in [1.54, 1.807) is 6.07 Å². The van der Waals surface area contributed by atoms with Crippen LogP contribution in [-0.4, -0.2) is 17.0 Å². The quantitative estimate of drug-likeness (QED) is 0.685. The normalized spacial score (nSPS) is 11.2. The average Bonchev–Trinajstić information content (AvgIpc) is 2.03. The minimum atomic E-state index is -4.28. The Labute approximate surface area is 67.4 Å². The van der Waals surface area contributed by atoms with E-state index in [9.17, 15) is 13.6 Å². The van der Waals surface area contributed by atoms with Gasteiger partial charge in [0, 0.05) is 5.56 Å². The lowest BCUT2D eigenvalue weighted by Gasteiger charge is -2.05. The van der Waals surface area contributed by atoms with Crippen molar-refractivity contribution in [3.05, 3.63) is 35.9 Å². The van der Waals surface area contributed by atoms with Crippen molar-refractivity contribution in [2.45, 2.75) is 6.11 Å². The third-order valence-electron chi connectivity index (χ3n) is 1.31. The second kappa shape index (κ2) is 2.98. The first-order valence-corrected chi connectivity index (χ1v) is 3.22. The molecule has 64 valence electrons. The van der Waals surface area contributed by atoms with Crippen LogP contribution in [-0.2, 0) is 0 Å². The van der Waals surface area contributed by atoms with Gasteiger partial charge in [0.15, 0.2) is 0 Å². The zero-order chi connectivity index (χ0) is 9.19. The summed E-state index contributed by atoms with van der Waals surface area (Å²) in [5.74, 6) is -1.58. The predicted octanol–water partition coefficient (Wildman–Crippen LogP) is 1.45. The fourth-order valence-electron chi connectivity index (χ4n) is 0.763. The molecule has 0 aliphatic carbocycles. The fourth-order valence-corrected chi connectivity index (χ4v) is 0.763. The molecule has 0 spiro atoms. The summed E-state index contributed by atoms with van der Waals surface area (Å²) >= 11 is 0. The molecule has 4 heteroatoms. The van der Waals surface area contributed by atoms with Crippen molar-refractivity contribution in [2.75, 3.05) is 0 Å². The van der Waals surface area contributed by atoms with Crippen LogP contribution >= 0.6 is 0 Å². The molecule has 0 aliphatic heterocycles. The Morgan fingerprint density at radius 1 is 1.25 bits per heavy atom. The van der Waals surface area contributed by atoms with E-state index < -0.39 is 11.9 Å². The Bertz CT molecular complexity index is 277. The molecule has 0 unspecified atom stereocenters. The summed E-state index contributed by atoms with van der Waals surface area (Å²) in [5.41, 5.74) is -0.204. The Morgan fingerprint density at radius 2 is 1.75 bits per heavy atom. The van der Waals surface area contributed by atoms with Crippen molar-refractivity contribution in [1.29, 1.82) is 0 Å². The third kappa shape index (κ3) is 1.85. The molecular formula is C8H6F2O2. The summed E-state index contributed by atoms with van der Waals surface area (Å²) in [6.45, 7) is 0. The minimum Gasteiger partial charge on any atom is -0.330 e. The molecule has 2 nitrogen and oxygen atoms in total. The molecule has 1 aromatic carbocycles. The van der Waals surface area contributed by atoms with Crippen molar-refractivity contribution in [1.82, 2.24) is 0 Å². The van der Waals surface area contributed by atoms with Crippen LogP contribution in [0.4, 0.5) is 8.78 Å². The van der Waals surface area contributed by atoms with Crippen LogP contribution in [0.5, 0.6) is 0 Å². The number of alkyl halides is 2. The molecule has 12 heavy (non-hydrogen) atoms. The lowest BCUT2D eigenvalue weighted by atomic mass is 10.1. The predicted molar refractivity (Wildman–Crippen MR) is 37.9 cm³/mol. The van der Waals surface area contributed by atoms with E-state index in [0.717, 1.165) is 0 Å². The standard InChI is InChI=1S/C8H6F2O2/c9-8(10,12)7(11)6-4-2-1-3-5-6/h1-5,12H. The van der Waals surface area contributed by atoms with E-state index in [-0.39, 0.29) is 5.56 Å². The number of Topliss-reactive ketones (excluding diaryl/α,β-unsaturated/α-hetero) is 1. The summed E-state index contributed by atoms with van der Waals surface area (Å²) in [4.78, 5) is 10.7. The smallest absolute Gasteiger partial charge is 0.330 e. The first-order chi connectivity index (χ1) is 5.52. The number of hydrogen-bond acceptors (Lipinski definition) is 2. The molecule has 0 amide bonds. The highest BCUT2D eigenvalue weighted by atomic mass is 19.3. The number of carbonyl (C=O) groups is 1. The molecule has 0 radical (unpaired) electrons. The number of aliphatic hydroxyl groups is 1. The maximum atomic E-state index is 12.0. The van der Waals surface area contributed by atoms with Crippen molar-refractivity contribution in [3.63, 3.8) is 0 Å². The monoisotopic (exact) mass is 172 g/mol. The second-order valence-corrected chi connectivity index (χ2v) is 2.24. The molecular weight excluding hydrogens is 166 g/mol. The largest absolute Gasteiger partial charge is 0.418 e. The third-order valence-corrected chi connectivity index (χ3v) is 1.31. The number of carbonyl (C=O) groups excluding carboxylic acids is 1. The van der Waals surface area contributed by atoms with Crippen LogP contribution in [0.25, 0.3) is 0 Å². The van der Waals surface area contributed by atoms with Gasteiger partial charge < -0.3 is 5.11 Å². The SMILES string of the molecule is O=C(c1ccccc1)C(O)(F)F. The fraction of sp³-hybridized carbons (Fsp3) is 0.125. The highest BCUT2D eigenvalue weighted by molar-refractivity contribution is 6.00. The Hall–Kier alpha value is -1.29. The van der Waals surface area contributed by atoms with Gasteiger partial charge in [0.2, 0.25) is 0 Å². The van der Waals surface area contributed by atoms with Crippen molar-refractivity contribution < 1.29 is 18.7 Å². The lowest BCUT2D eigenvalue weighted by Crippen LogP contribution is -2.27. The average molecular weight is 172 g/mol. The maximum absolute atomic E-state index is 12.0. The number of rotatable bonds is 2. The van der Waals surface area contributed by atoms with E-state index >= 15 is 0 Å². The van der Waals surface area contributed by atoms with Crippen molar-refractivity contribution in [3.8, 4) is 0 Å². The zero-order valence-electron chi connectivity index (χ0n) is 6.00. The van der Waals surface area contributed by atoms with Crippen LogP contribution in [0.1, 0.15) is 10.4 Å². The molecule has 0 saturated carbocycles. The van der Waals surface area contributed by atoms with Crippen molar-refractivity contribution >= 4 is 5.78 Å². The van der Waals surface area contributed by atoms with Gasteiger partial charge in [-0.2, -0.15) is 8.78 Å². The molecule has 0 fully saturated rings. The van der Waals surface area contributed by atoms with Gasteiger partial charge in [0.05, 0.1) is 0 Å². The summed E-state index contributed by atoms with van der Waals surface area (Å²) in [5, 5.41) is 8.06. The van der Waals surface area contributed by atoms with Gasteiger partial charge in [-0.1, -0.05) is 30.3 Å². The molecule has 0 atom stereocenters.